The number of anilines is 2. The number of aromatic nitrogens is 1. The van der Waals surface area contributed by atoms with Crippen LogP contribution in [0.15, 0.2) is 60.0 Å². The number of benzene rings is 2. The summed E-state index contributed by atoms with van der Waals surface area (Å²) in [6.07, 6.45) is 0.309. The van der Waals surface area contributed by atoms with Crippen LogP contribution in [-0.2, 0) is 20.4 Å². The van der Waals surface area contributed by atoms with Gasteiger partial charge in [0.05, 0.1) is 24.8 Å². The Morgan fingerprint density at radius 3 is 2.37 bits per heavy atom. The summed E-state index contributed by atoms with van der Waals surface area (Å²) in [5.74, 6) is -0.251. The van der Waals surface area contributed by atoms with Crippen molar-refractivity contribution in [2.24, 2.45) is 0 Å². The van der Waals surface area contributed by atoms with Crippen LogP contribution < -0.4 is 11.1 Å². The van der Waals surface area contributed by atoms with E-state index in [-0.39, 0.29) is 41.5 Å². The molecule has 1 aromatic heterocycles. The van der Waals surface area contributed by atoms with Crippen molar-refractivity contribution in [3.63, 3.8) is 0 Å². The van der Waals surface area contributed by atoms with Gasteiger partial charge in [-0.25, -0.2) is 9.78 Å². The molecule has 0 radical (unpaired) electrons. The summed E-state index contributed by atoms with van der Waals surface area (Å²) in [5.41, 5.74) is 8.40. The highest BCUT2D eigenvalue weighted by molar-refractivity contribution is 7.13. The van der Waals surface area contributed by atoms with E-state index in [0.717, 1.165) is 17.5 Å². The largest absolute Gasteiger partial charge is 0.443 e. The second-order valence-corrected chi connectivity index (χ2v) is 19.0. The number of rotatable bonds is 10. The molecule has 2 aromatic carbocycles. The van der Waals surface area contributed by atoms with Crippen LogP contribution in [0.1, 0.15) is 76.8 Å². The number of thiazole rings is 1. The number of nitrogens with two attached hydrogens (primary N) is 1. The lowest BCUT2D eigenvalue weighted by Gasteiger charge is -2.50. The Bertz CT molecular complexity index is 1400. The Morgan fingerprint density at radius 1 is 1.16 bits per heavy atom. The highest BCUT2D eigenvalue weighted by Gasteiger charge is 2.49. The molecular formula is C33H46N4O4SSi. The van der Waals surface area contributed by atoms with Gasteiger partial charge in [0, 0.05) is 23.0 Å². The first kappa shape index (κ1) is 32.7. The van der Waals surface area contributed by atoms with Crippen LogP contribution in [0.2, 0.25) is 18.1 Å². The topological polar surface area (TPSA) is 107 Å². The van der Waals surface area contributed by atoms with Gasteiger partial charge in [0.1, 0.15) is 5.60 Å². The highest BCUT2D eigenvalue weighted by Crippen LogP contribution is 2.44. The summed E-state index contributed by atoms with van der Waals surface area (Å²) in [6, 6.07) is 17.9. The van der Waals surface area contributed by atoms with E-state index >= 15 is 0 Å². The fraction of sp³-hybridized carbons (Fsp3) is 0.485. The summed E-state index contributed by atoms with van der Waals surface area (Å²) in [4.78, 5) is 32.2. The third-order valence-corrected chi connectivity index (χ3v) is 14.0. The predicted octanol–water partition coefficient (Wildman–Crippen LogP) is 7.76. The average Bonchev–Trinajstić information content (AvgIpc) is 3.33. The fourth-order valence-electron chi connectivity index (χ4n) is 5.55. The molecule has 1 aliphatic rings. The highest BCUT2D eigenvalue weighted by atomic mass is 32.1. The van der Waals surface area contributed by atoms with E-state index in [9.17, 15) is 9.59 Å². The van der Waals surface area contributed by atoms with E-state index in [1.54, 1.807) is 5.38 Å². The molecule has 4 rings (SSSR count). The minimum atomic E-state index is -2.17. The lowest BCUT2D eigenvalue weighted by atomic mass is 9.76. The molecule has 3 unspecified atom stereocenters. The fourth-order valence-corrected chi connectivity index (χ4v) is 7.39. The van der Waals surface area contributed by atoms with Gasteiger partial charge < -0.3 is 25.1 Å². The number of carbonyl (C=O) groups is 2. The van der Waals surface area contributed by atoms with Crippen molar-refractivity contribution < 1.29 is 18.8 Å². The zero-order chi connectivity index (χ0) is 31.6. The average molecular weight is 623 g/mol. The van der Waals surface area contributed by atoms with Crippen LogP contribution in [0, 0.1) is 0 Å². The molecule has 1 fully saturated rings. The first-order valence-corrected chi connectivity index (χ1v) is 18.7. The van der Waals surface area contributed by atoms with E-state index in [1.165, 1.54) is 11.3 Å². The molecule has 10 heteroatoms. The molecule has 1 aliphatic heterocycles. The Labute approximate surface area is 261 Å². The van der Waals surface area contributed by atoms with Crippen molar-refractivity contribution in [3.05, 3.63) is 76.8 Å². The molecule has 1 saturated heterocycles. The van der Waals surface area contributed by atoms with Crippen LogP contribution in [0.25, 0.3) is 0 Å². The maximum absolute atomic E-state index is 13.6. The molecule has 0 bridgehead atoms. The van der Waals surface area contributed by atoms with Crippen molar-refractivity contribution in [2.45, 2.75) is 96.2 Å². The van der Waals surface area contributed by atoms with Gasteiger partial charge in [0.15, 0.2) is 13.4 Å². The molecule has 2 heterocycles. The quantitative estimate of drug-likeness (QED) is 0.224. The van der Waals surface area contributed by atoms with Crippen molar-refractivity contribution in [1.82, 2.24) is 9.88 Å². The summed E-state index contributed by atoms with van der Waals surface area (Å²) in [7, 11) is -2.17. The second kappa shape index (κ2) is 12.8. The monoisotopic (exact) mass is 622 g/mol. The van der Waals surface area contributed by atoms with Crippen LogP contribution in [0.5, 0.6) is 0 Å². The number of hydrogen-bond acceptors (Lipinski definition) is 7. The first-order valence-electron chi connectivity index (χ1n) is 14.9. The Kier molecular flexibility index (Phi) is 9.73. The van der Waals surface area contributed by atoms with E-state index < -0.39 is 13.9 Å². The van der Waals surface area contributed by atoms with Crippen LogP contribution >= 0.6 is 11.3 Å². The zero-order valence-corrected chi connectivity index (χ0v) is 28.5. The van der Waals surface area contributed by atoms with Crippen molar-refractivity contribution in [1.29, 1.82) is 0 Å². The number of ether oxygens (including phenoxy) is 1. The van der Waals surface area contributed by atoms with Gasteiger partial charge in [0.2, 0.25) is 5.91 Å². The number of cyclic esters (lactones) is 1. The van der Waals surface area contributed by atoms with Crippen LogP contribution in [0.3, 0.4) is 0 Å². The van der Waals surface area contributed by atoms with Gasteiger partial charge in [-0.3, -0.25) is 4.79 Å². The van der Waals surface area contributed by atoms with Crippen molar-refractivity contribution in [2.75, 3.05) is 17.6 Å². The SMILES string of the molecule is CCC1C(c2ccc(NC(=O)Cc3csc(N)n3)cc2)C(C)(C)OC(=O)N1CC(O[Si](C)(C)C(C)(C)C)c1ccccc1. The standard InChI is InChI=1S/C33H46N4O4SSi/c1-9-26-29(23-15-17-24(18-16-23)35-28(38)19-25-21-42-30(34)36-25)33(5,6)40-31(39)37(26)20-27(22-13-11-10-12-14-22)41-43(7,8)32(2,3)4/h10-18,21,26-27,29H,9,19-20H2,1-8H3,(H2,34,36)(H,35,38). The number of amides is 2. The second-order valence-electron chi connectivity index (χ2n) is 13.4. The molecule has 8 nitrogen and oxygen atoms in total. The maximum Gasteiger partial charge on any atom is 0.410 e. The minimum Gasteiger partial charge on any atom is -0.443 e. The molecule has 0 aliphatic carbocycles. The Hall–Kier alpha value is -3.21. The third kappa shape index (κ3) is 7.66. The number of nitrogens with zero attached hydrogens (tertiary/aromatic N) is 2. The Morgan fingerprint density at radius 2 is 1.81 bits per heavy atom. The molecule has 3 atom stereocenters. The molecule has 3 N–H and O–H groups in total. The van der Waals surface area contributed by atoms with Crippen LogP contribution in [-0.4, -0.2) is 48.4 Å². The molecule has 3 aromatic rings. The van der Waals surface area contributed by atoms with Gasteiger partial charge >= 0.3 is 6.09 Å². The van der Waals surface area contributed by atoms with Gasteiger partial charge in [-0.1, -0.05) is 70.2 Å². The van der Waals surface area contributed by atoms with Gasteiger partial charge in [-0.05, 0) is 61.7 Å². The lowest BCUT2D eigenvalue weighted by molar-refractivity contribution is -0.115. The van der Waals surface area contributed by atoms with E-state index in [2.05, 4.69) is 63.2 Å². The lowest BCUT2D eigenvalue weighted by Crippen LogP contribution is -2.59. The van der Waals surface area contributed by atoms with Gasteiger partial charge in [-0.2, -0.15) is 0 Å². The van der Waals surface area contributed by atoms with Gasteiger partial charge in [-0.15, -0.1) is 11.3 Å². The first-order chi connectivity index (χ1) is 20.1. The molecule has 0 spiro atoms. The van der Waals surface area contributed by atoms with Crippen molar-refractivity contribution >= 4 is 42.5 Å². The molecule has 43 heavy (non-hydrogen) atoms. The third-order valence-electron chi connectivity index (χ3n) is 8.78. The Balaban J connectivity index is 1.58. The number of hydrogen-bond donors (Lipinski definition) is 2. The molecule has 2 amide bonds. The summed E-state index contributed by atoms with van der Waals surface area (Å²) in [6.45, 7) is 17.6. The number of carbonyl (C=O) groups excluding carboxylic acids is 2. The van der Waals surface area contributed by atoms with Crippen LogP contribution in [0.4, 0.5) is 15.6 Å². The summed E-state index contributed by atoms with van der Waals surface area (Å²) >= 11 is 1.32. The normalized spacial score (nSPS) is 19.5. The minimum absolute atomic E-state index is 0.0157. The van der Waals surface area contributed by atoms with E-state index in [1.807, 2.05) is 61.2 Å². The molecule has 0 saturated carbocycles. The zero-order valence-electron chi connectivity index (χ0n) is 26.6. The number of nitrogen functional groups attached to an aromatic ring is 1. The van der Waals surface area contributed by atoms with E-state index in [4.69, 9.17) is 14.9 Å². The van der Waals surface area contributed by atoms with Crippen molar-refractivity contribution in [3.8, 4) is 0 Å². The molecular weight excluding hydrogens is 577 g/mol. The van der Waals surface area contributed by atoms with E-state index in [0.29, 0.717) is 23.1 Å². The maximum atomic E-state index is 13.6. The number of nitrogens with one attached hydrogen (secondary N) is 1. The smallest absolute Gasteiger partial charge is 0.410 e. The molecule has 232 valence electrons. The van der Waals surface area contributed by atoms with Gasteiger partial charge in [0.25, 0.3) is 0 Å². The summed E-state index contributed by atoms with van der Waals surface area (Å²) in [5, 5.41) is 5.20. The predicted molar refractivity (Wildman–Crippen MR) is 177 cm³/mol. The summed E-state index contributed by atoms with van der Waals surface area (Å²) < 4.78 is 13.1.